The number of aldehydes is 1. The van der Waals surface area contributed by atoms with E-state index in [2.05, 4.69) is 31.0 Å². The lowest BCUT2D eigenvalue weighted by molar-refractivity contribution is -0.147. The highest BCUT2D eigenvalue weighted by Crippen LogP contribution is 2.44. The number of nitrogens with zero attached hydrogens (tertiary/aromatic N) is 1. The zero-order chi connectivity index (χ0) is 18.8. The third kappa shape index (κ3) is 3.46. The van der Waals surface area contributed by atoms with Crippen LogP contribution in [0, 0.1) is 11.3 Å². The molecule has 0 saturated heterocycles. The molecule has 0 aromatic carbocycles. The van der Waals surface area contributed by atoms with Crippen molar-refractivity contribution in [2.24, 2.45) is 11.3 Å². The fraction of sp³-hybridized carbons (Fsp3) is 0.591. The number of pyridine rings is 1. The van der Waals surface area contributed by atoms with E-state index in [4.69, 9.17) is 0 Å². The van der Waals surface area contributed by atoms with Crippen molar-refractivity contribution in [1.29, 1.82) is 0 Å². The van der Waals surface area contributed by atoms with E-state index in [1.807, 2.05) is 6.07 Å². The molecular weight excluding hydrogens is 326 g/mol. The minimum absolute atomic E-state index is 0.0672. The first-order valence-electron chi connectivity index (χ1n) is 9.76. The largest absolute Gasteiger partial charge is 0.481 e. The van der Waals surface area contributed by atoms with Gasteiger partial charge in [0.2, 0.25) is 0 Å². The zero-order valence-corrected chi connectivity index (χ0v) is 15.8. The number of rotatable bonds is 6. The summed E-state index contributed by atoms with van der Waals surface area (Å²) in [5.74, 6) is -0.745. The van der Waals surface area contributed by atoms with E-state index in [9.17, 15) is 14.7 Å². The summed E-state index contributed by atoms with van der Waals surface area (Å²) in [6.07, 6.45) is 13.6. The summed E-state index contributed by atoms with van der Waals surface area (Å²) in [5.41, 5.74) is -0.168. The van der Waals surface area contributed by atoms with Gasteiger partial charge in [-0.05, 0) is 53.9 Å². The van der Waals surface area contributed by atoms with Gasteiger partial charge in [0, 0.05) is 12.6 Å². The van der Waals surface area contributed by atoms with Crippen molar-refractivity contribution in [3.63, 3.8) is 0 Å². The van der Waals surface area contributed by atoms with Gasteiger partial charge in [0.05, 0.1) is 10.8 Å². The van der Waals surface area contributed by atoms with Crippen molar-refractivity contribution in [2.75, 3.05) is 0 Å². The summed E-state index contributed by atoms with van der Waals surface area (Å²) in [5, 5.41) is 12.2. The van der Waals surface area contributed by atoms with E-state index in [1.54, 1.807) is 6.20 Å². The molecule has 0 aliphatic heterocycles. The number of aliphatic carboxylic acids is 1. The van der Waals surface area contributed by atoms with E-state index < -0.39 is 11.4 Å². The Labute approximate surface area is 155 Å². The average Bonchev–Trinajstić information content (AvgIpc) is 2.62. The Morgan fingerprint density at radius 2 is 2.08 bits per heavy atom. The van der Waals surface area contributed by atoms with Crippen LogP contribution in [0.4, 0.5) is 0 Å². The Morgan fingerprint density at radius 1 is 1.35 bits per heavy atom. The smallest absolute Gasteiger partial charge is 0.314 e. The van der Waals surface area contributed by atoms with Crippen LogP contribution in [-0.4, -0.2) is 22.3 Å². The van der Waals surface area contributed by atoms with Crippen LogP contribution in [0.1, 0.15) is 70.8 Å². The van der Waals surface area contributed by atoms with Crippen molar-refractivity contribution in [3.8, 4) is 0 Å². The second kappa shape index (κ2) is 7.34. The Kier molecular flexibility index (Phi) is 5.31. The minimum atomic E-state index is -1.01. The molecule has 140 valence electrons. The van der Waals surface area contributed by atoms with Crippen LogP contribution in [0.25, 0.3) is 12.2 Å². The van der Waals surface area contributed by atoms with Crippen molar-refractivity contribution in [3.05, 3.63) is 28.4 Å². The molecule has 2 aliphatic rings. The first-order valence-corrected chi connectivity index (χ1v) is 9.76. The highest BCUT2D eigenvalue weighted by Gasteiger charge is 2.47. The van der Waals surface area contributed by atoms with Crippen LogP contribution >= 0.6 is 0 Å². The molecule has 3 rings (SSSR count). The fourth-order valence-corrected chi connectivity index (χ4v) is 4.69. The van der Waals surface area contributed by atoms with Crippen molar-refractivity contribution in [2.45, 2.75) is 70.6 Å². The molecule has 1 N–H and O–H groups in total. The number of carbonyl (C=O) groups excluding carboxylic acids is 1. The van der Waals surface area contributed by atoms with E-state index in [1.165, 1.54) is 6.42 Å². The van der Waals surface area contributed by atoms with E-state index in [-0.39, 0.29) is 17.8 Å². The maximum Gasteiger partial charge on any atom is 0.314 e. The van der Waals surface area contributed by atoms with E-state index >= 15 is 0 Å². The molecule has 0 bridgehead atoms. The number of carboxylic acid groups (broad SMARTS) is 1. The van der Waals surface area contributed by atoms with Crippen LogP contribution in [0.5, 0.6) is 0 Å². The average molecular weight is 355 g/mol. The van der Waals surface area contributed by atoms with Crippen molar-refractivity contribution < 1.29 is 14.7 Å². The number of hydrogen-bond acceptors (Lipinski definition) is 3. The Bertz CT molecular complexity index is 805. The molecule has 4 heteroatoms. The number of hydrogen-bond donors (Lipinski definition) is 1. The molecule has 2 aliphatic carbocycles. The van der Waals surface area contributed by atoms with Gasteiger partial charge in [-0.3, -0.25) is 9.78 Å². The van der Waals surface area contributed by atoms with Crippen LogP contribution < -0.4 is 10.6 Å². The molecule has 26 heavy (non-hydrogen) atoms. The number of carbonyl (C=O) groups is 2. The monoisotopic (exact) mass is 355 g/mol. The summed E-state index contributed by atoms with van der Waals surface area (Å²) >= 11 is 0. The molecule has 1 unspecified atom stereocenters. The number of fused-ring (bicyclic) bond motifs is 1. The Hall–Kier alpha value is -1.97. The van der Waals surface area contributed by atoms with E-state index in [0.29, 0.717) is 6.42 Å². The number of aromatic nitrogens is 1. The van der Waals surface area contributed by atoms with Gasteiger partial charge in [0.25, 0.3) is 0 Å². The molecule has 1 atom stereocenters. The molecule has 0 amide bonds. The van der Waals surface area contributed by atoms with Crippen LogP contribution in [0.3, 0.4) is 0 Å². The maximum absolute atomic E-state index is 12.5. The second-order valence-electron chi connectivity index (χ2n) is 8.56. The third-order valence-corrected chi connectivity index (χ3v) is 6.18. The Balaban J connectivity index is 2.13. The van der Waals surface area contributed by atoms with Gasteiger partial charge in [-0.1, -0.05) is 45.3 Å². The summed E-state index contributed by atoms with van der Waals surface area (Å²) in [6, 6.07) is 2.02. The van der Waals surface area contributed by atoms with E-state index in [0.717, 1.165) is 54.5 Å². The lowest BCUT2D eigenvalue weighted by Crippen LogP contribution is -2.46. The van der Waals surface area contributed by atoms with Gasteiger partial charge in [0.15, 0.2) is 0 Å². The second-order valence-corrected chi connectivity index (χ2v) is 8.56. The van der Waals surface area contributed by atoms with Gasteiger partial charge in [-0.15, -0.1) is 0 Å². The Morgan fingerprint density at radius 3 is 2.73 bits per heavy atom. The van der Waals surface area contributed by atoms with Crippen LogP contribution in [0.15, 0.2) is 12.3 Å². The topological polar surface area (TPSA) is 67.3 Å². The minimum Gasteiger partial charge on any atom is -0.481 e. The highest BCUT2D eigenvalue weighted by atomic mass is 16.4. The lowest BCUT2D eigenvalue weighted by Gasteiger charge is -2.39. The number of carboxylic acids is 1. The molecule has 1 aromatic heterocycles. The summed E-state index contributed by atoms with van der Waals surface area (Å²) in [6.45, 7) is 4.35. The lowest BCUT2D eigenvalue weighted by atomic mass is 9.63. The van der Waals surface area contributed by atoms with Crippen LogP contribution in [0.2, 0.25) is 0 Å². The molecular formula is C22H29NO3. The predicted octanol–water partition coefficient (Wildman–Crippen LogP) is 2.95. The molecule has 1 heterocycles. The summed E-state index contributed by atoms with van der Waals surface area (Å²) < 4.78 is 0. The molecule has 0 radical (unpaired) electrons. The van der Waals surface area contributed by atoms with Gasteiger partial charge in [0.1, 0.15) is 6.29 Å². The SMILES string of the molecule is CC1(C)C=c2ncc(C(CCC=O)(C(=O)O)C3CCCCC3)cc2=CC1. The maximum atomic E-state index is 12.5. The van der Waals surface area contributed by atoms with Gasteiger partial charge in [-0.25, -0.2) is 0 Å². The fourth-order valence-electron chi connectivity index (χ4n) is 4.69. The first-order chi connectivity index (χ1) is 12.4. The predicted molar refractivity (Wildman–Crippen MR) is 102 cm³/mol. The van der Waals surface area contributed by atoms with Crippen molar-refractivity contribution >= 4 is 24.4 Å². The molecule has 1 aromatic rings. The quantitative estimate of drug-likeness (QED) is 0.797. The van der Waals surface area contributed by atoms with Crippen molar-refractivity contribution in [1.82, 2.24) is 4.98 Å². The summed E-state index contributed by atoms with van der Waals surface area (Å²) in [7, 11) is 0. The molecule has 0 spiro atoms. The zero-order valence-electron chi connectivity index (χ0n) is 15.8. The van der Waals surface area contributed by atoms with Gasteiger partial charge in [-0.2, -0.15) is 0 Å². The normalized spacial score (nSPS) is 21.6. The summed E-state index contributed by atoms with van der Waals surface area (Å²) in [4.78, 5) is 28.2. The molecule has 1 fully saturated rings. The first kappa shape index (κ1) is 18.8. The van der Waals surface area contributed by atoms with Gasteiger partial charge < -0.3 is 9.90 Å². The highest BCUT2D eigenvalue weighted by molar-refractivity contribution is 5.82. The van der Waals surface area contributed by atoms with Crippen LogP contribution in [-0.2, 0) is 15.0 Å². The molecule has 4 nitrogen and oxygen atoms in total. The standard InChI is InChI=1S/C22H29NO3/c1-21(2)11-9-16-13-18(15-23-19(16)14-21)22(20(25)26,10-6-12-24)17-7-4-3-5-8-17/h9,12-15,17H,3-8,10-11H2,1-2H3,(H,25,26). The third-order valence-electron chi connectivity index (χ3n) is 6.18. The molecule has 1 saturated carbocycles. The van der Waals surface area contributed by atoms with Gasteiger partial charge >= 0.3 is 5.97 Å².